The van der Waals surface area contributed by atoms with Gasteiger partial charge in [0.1, 0.15) is 11.6 Å². The summed E-state index contributed by atoms with van der Waals surface area (Å²) >= 11 is 0. The Kier molecular flexibility index (Phi) is 5.34. The molecule has 1 fully saturated rings. The summed E-state index contributed by atoms with van der Waals surface area (Å²) in [6, 6.07) is 10.0. The molecule has 3 aromatic rings. The number of aromatic nitrogens is 4. The molecule has 1 aliphatic heterocycles. The van der Waals surface area contributed by atoms with Crippen molar-refractivity contribution in [2.45, 2.75) is 32.2 Å². The lowest BCUT2D eigenvalue weighted by atomic mass is 9.94. The standard InChI is InChI=1S/C21H24N6/c1-16-5-2-8-20(24-16)26-21-13-23-12-19(25-21)18-7-4-10-27(15-18)14-17-6-3-9-22-11-17/h2-3,5-6,8-9,11-13,18H,4,7,10,14-15H2,1H3,(H,24,25,26)/t18-/m0/s1. The maximum Gasteiger partial charge on any atom is 0.150 e. The number of likely N-dealkylation sites (tertiary alicyclic amines) is 1. The number of hydrogen-bond acceptors (Lipinski definition) is 6. The Morgan fingerprint density at radius 3 is 2.85 bits per heavy atom. The fourth-order valence-corrected chi connectivity index (χ4v) is 3.57. The van der Waals surface area contributed by atoms with E-state index in [2.05, 4.69) is 31.2 Å². The van der Waals surface area contributed by atoms with Gasteiger partial charge in [-0.1, -0.05) is 12.1 Å². The van der Waals surface area contributed by atoms with Gasteiger partial charge in [0.05, 0.1) is 11.9 Å². The summed E-state index contributed by atoms with van der Waals surface area (Å²) < 4.78 is 0. The van der Waals surface area contributed by atoms with Gasteiger partial charge in [-0.3, -0.25) is 14.9 Å². The van der Waals surface area contributed by atoms with E-state index in [4.69, 9.17) is 4.98 Å². The fraction of sp³-hybridized carbons (Fsp3) is 0.333. The van der Waals surface area contributed by atoms with Crippen LogP contribution in [0, 0.1) is 6.92 Å². The number of piperidine rings is 1. The first-order chi connectivity index (χ1) is 13.3. The number of hydrogen-bond donors (Lipinski definition) is 1. The van der Waals surface area contributed by atoms with Gasteiger partial charge in [-0.2, -0.15) is 0 Å². The maximum atomic E-state index is 4.81. The first-order valence-corrected chi connectivity index (χ1v) is 9.40. The van der Waals surface area contributed by atoms with Crippen molar-refractivity contribution in [2.75, 3.05) is 18.4 Å². The minimum Gasteiger partial charge on any atom is -0.324 e. The van der Waals surface area contributed by atoms with Crippen LogP contribution < -0.4 is 5.32 Å². The largest absolute Gasteiger partial charge is 0.324 e. The second-order valence-corrected chi connectivity index (χ2v) is 7.05. The lowest BCUT2D eigenvalue weighted by molar-refractivity contribution is 0.198. The van der Waals surface area contributed by atoms with Gasteiger partial charge in [0, 0.05) is 43.3 Å². The molecule has 0 saturated carbocycles. The summed E-state index contributed by atoms with van der Waals surface area (Å²) in [5.74, 6) is 1.94. The predicted molar refractivity (Wildman–Crippen MR) is 106 cm³/mol. The molecular formula is C21H24N6. The van der Waals surface area contributed by atoms with Crippen LogP contribution in [0.4, 0.5) is 11.6 Å². The van der Waals surface area contributed by atoms with Gasteiger partial charge in [-0.15, -0.1) is 0 Å². The zero-order chi connectivity index (χ0) is 18.5. The number of anilines is 2. The van der Waals surface area contributed by atoms with Crippen molar-refractivity contribution < 1.29 is 0 Å². The Bertz CT molecular complexity index is 883. The van der Waals surface area contributed by atoms with Crippen molar-refractivity contribution in [3.63, 3.8) is 0 Å². The molecular weight excluding hydrogens is 336 g/mol. The van der Waals surface area contributed by atoms with Gasteiger partial charge >= 0.3 is 0 Å². The number of rotatable bonds is 5. The summed E-state index contributed by atoms with van der Waals surface area (Å²) in [4.78, 5) is 20.4. The van der Waals surface area contributed by atoms with Gasteiger partial charge in [0.2, 0.25) is 0 Å². The molecule has 0 aliphatic carbocycles. The van der Waals surface area contributed by atoms with E-state index >= 15 is 0 Å². The summed E-state index contributed by atoms with van der Waals surface area (Å²) in [5, 5.41) is 3.27. The zero-order valence-corrected chi connectivity index (χ0v) is 15.5. The van der Waals surface area contributed by atoms with Gasteiger partial charge in [-0.05, 0) is 50.1 Å². The summed E-state index contributed by atoms with van der Waals surface area (Å²) in [5.41, 5.74) is 3.27. The number of nitrogens with zero attached hydrogens (tertiary/aromatic N) is 5. The van der Waals surface area contributed by atoms with E-state index in [9.17, 15) is 0 Å². The zero-order valence-electron chi connectivity index (χ0n) is 15.5. The smallest absolute Gasteiger partial charge is 0.150 e. The highest BCUT2D eigenvalue weighted by Gasteiger charge is 2.23. The van der Waals surface area contributed by atoms with Crippen molar-refractivity contribution in [1.82, 2.24) is 24.8 Å². The second-order valence-electron chi connectivity index (χ2n) is 7.05. The van der Waals surface area contributed by atoms with Crippen LogP contribution in [0.3, 0.4) is 0 Å². The highest BCUT2D eigenvalue weighted by Crippen LogP contribution is 2.27. The number of nitrogens with one attached hydrogen (secondary N) is 1. The van der Waals surface area contributed by atoms with E-state index in [-0.39, 0.29) is 0 Å². The van der Waals surface area contributed by atoms with Crippen molar-refractivity contribution in [3.05, 3.63) is 72.1 Å². The second kappa shape index (κ2) is 8.22. The molecule has 0 unspecified atom stereocenters. The van der Waals surface area contributed by atoms with Gasteiger partial charge in [-0.25, -0.2) is 9.97 Å². The van der Waals surface area contributed by atoms with Crippen LogP contribution in [0.25, 0.3) is 0 Å². The molecule has 138 valence electrons. The average molecular weight is 360 g/mol. The molecule has 1 aliphatic rings. The average Bonchev–Trinajstić information content (AvgIpc) is 2.69. The molecule has 4 heterocycles. The van der Waals surface area contributed by atoms with E-state index in [0.717, 1.165) is 49.1 Å². The fourth-order valence-electron chi connectivity index (χ4n) is 3.57. The van der Waals surface area contributed by atoms with Crippen LogP contribution in [0.5, 0.6) is 0 Å². The molecule has 27 heavy (non-hydrogen) atoms. The SMILES string of the molecule is Cc1cccc(Nc2cncc([C@H]3CCCN(Cc4cccnc4)C3)n2)n1. The number of aryl methyl sites for hydroxylation is 1. The molecule has 0 aromatic carbocycles. The van der Waals surface area contributed by atoms with Crippen LogP contribution in [0.15, 0.2) is 55.1 Å². The monoisotopic (exact) mass is 360 g/mol. The molecule has 0 spiro atoms. The molecule has 0 radical (unpaired) electrons. The summed E-state index contributed by atoms with van der Waals surface area (Å²) in [7, 11) is 0. The first-order valence-electron chi connectivity index (χ1n) is 9.40. The lowest BCUT2D eigenvalue weighted by Crippen LogP contribution is -2.34. The molecule has 1 saturated heterocycles. The third kappa shape index (κ3) is 4.65. The van der Waals surface area contributed by atoms with Crippen molar-refractivity contribution in [1.29, 1.82) is 0 Å². The van der Waals surface area contributed by atoms with Crippen molar-refractivity contribution >= 4 is 11.6 Å². The van der Waals surface area contributed by atoms with Gasteiger partial charge in [0.15, 0.2) is 0 Å². The Balaban J connectivity index is 1.44. The summed E-state index contributed by atoms with van der Waals surface area (Å²) in [6.07, 6.45) is 9.73. The molecule has 0 bridgehead atoms. The molecule has 0 amide bonds. The van der Waals surface area contributed by atoms with Crippen LogP contribution in [0.2, 0.25) is 0 Å². The third-order valence-electron chi connectivity index (χ3n) is 4.85. The quantitative estimate of drug-likeness (QED) is 0.748. The highest BCUT2D eigenvalue weighted by molar-refractivity contribution is 5.50. The Morgan fingerprint density at radius 1 is 1.04 bits per heavy atom. The molecule has 3 aromatic heterocycles. The van der Waals surface area contributed by atoms with Crippen LogP contribution in [0.1, 0.15) is 35.7 Å². The minimum atomic E-state index is 0.398. The van der Waals surface area contributed by atoms with E-state index in [1.165, 1.54) is 12.0 Å². The van der Waals surface area contributed by atoms with Crippen molar-refractivity contribution in [2.24, 2.45) is 0 Å². The molecule has 1 atom stereocenters. The Morgan fingerprint density at radius 2 is 2.00 bits per heavy atom. The van der Waals surface area contributed by atoms with Gasteiger partial charge in [0.25, 0.3) is 0 Å². The normalized spacial score (nSPS) is 17.6. The van der Waals surface area contributed by atoms with Crippen LogP contribution in [-0.4, -0.2) is 37.9 Å². The molecule has 6 nitrogen and oxygen atoms in total. The molecule has 4 rings (SSSR count). The van der Waals surface area contributed by atoms with E-state index in [1.54, 1.807) is 6.20 Å². The third-order valence-corrected chi connectivity index (χ3v) is 4.85. The van der Waals surface area contributed by atoms with E-state index < -0.39 is 0 Å². The Labute approximate surface area is 159 Å². The first kappa shape index (κ1) is 17.5. The van der Waals surface area contributed by atoms with Crippen LogP contribution in [-0.2, 0) is 6.54 Å². The predicted octanol–water partition coefficient (Wildman–Crippen LogP) is 3.70. The van der Waals surface area contributed by atoms with E-state index in [1.807, 2.05) is 49.8 Å². The summed E-state index contributed by atoms with van der Waals surface area (Å²) in [6.45, 7) is 5.02. The van der Waals surface area contributed by atoms with E-state index in [0.29, 0.717) is 5.92 Å². The van der Waals surface area contributed by atoms with Gasteiger partial charge < -0.3 is 5.32 Å². The van der Waals surface area contributed by atoms with Crippen LogP contribution >= 0.6 is 0 Å². The molecule has 1 N–H and O–H groups in total. The highest BCUT2D eigenvalue weighted by atomic mass is 15.1. The number of pyridine rings is 2. The molecule has 6 heteroatoms. The topological polar surface area (TPSA) is 66.8 Å². The maximum absolute atomic E-state index is 4.81. The lowest BCUT2D eigenvalue weighted by Gasteiger charge is -2.32. The Hall–Kier alpha value is -2.86. The minimum absolute atomic E-state index is 0.398. The van der Waals surface area contributed by atoms with Crippen molar-refractivity contribution in [3.8, 4) is 0 Å².